The van der Waals surface area contributed by atoms with Gasteiger partial charge in [-0.05, 0) is 63.1 Å². The third-order valence-electron chi connectivity index (χ3n) is 4.68. The number of rotatable bonds is 11. The average molecular weight is 466 g/mol. The highest BCUT2D eigenvalue weighted by Gasteiger charge is 2.38. The number of oxime groups is 1. The molecule has 2 aromatic carbocycles. The van der Waals surface area contributed by atoms with Gasteiger partial charge in [-0.2, -0.15) is 13.2 Å². The normalized spacial score (nSPS) is 13.2. The Morgan fingerprint density at radius 1 is 1.06 bits per heavy atom. The van der Waals surface area contributed by atoms with Crippen molar-refractivity contribution in [2.45, 2.75) is 46.4 Å². The van der Waals surface area contributed by atoms with Crippen LogP contribution in [0.15, 0.2) is 53.7 Å². The molecule has 0 amide bonds. The first-order chi connectivity index (χ1) is 15.7. The second kappa shape index (κ2) is 12.2. The number of alkyl halides is 3. The SMILES string of the molecule is C/C=C/COc1cc(C)c(OCCC(C)Oc2cccc(/C(=N/OC)C(F)(F)F)c2)c(C)c1. The summed E-state index contributed by atoms with van der Waals surface area (Å²) in [6.45, 7) is 8.58. The first-order valence-electron chi connectivity index (χ1n) is 10.6. The summed E-state index contributed by atoms with van der Waals surface area (Å²) in [6, 6.07) is 9.54. The molecule has 0 heterocycles. The predicted molar refractivity (Wildman–Crippen MR) is 122 cm³/mol. The molecule has 1 atom stereocenters. The number of allylic oxidation sites excluding steroid dienone is 1. The van der Waals surface area contributed by atoms with Crippen molar-refractivity contribution in [3.05, 3.63) is 65.2 Å². The van der Waals surface area contributed by atoms with Crippen molar-refractivity contribution in [2.75, 3.05) is 20.3 Å². The Morgan fingerprint density at radius 2 is 1.76 bits per heavy atom. The van der Waals surface area contributed by atoms with E-state index in [-0.39, 0.29) is 11.7 Å². The van der Waals surface area contributed by atoms with Crippen LogP contribution in [0.5, 0.6) is 17.2 Å². The van der Waals surface area contributed by atoms with Crippen LogP contribution < -0.4 is 14.2 Å². The van der Waals surface area contributed by atoms with Gasteiger partial charge in [0.2, 0.25) is 0 Å². The van der Waals surface area contributed by atoms with Crippen LogP contribution in [0, 0.1) is 13.8 Å². The zero-order valence-corrected chi connectivity index (χ0v) is 19.5. The smallest absolute Gasteiger partial charge is 0.437 e. The minimum Gasteiger partial charge on any atom is -0.493 e. The molecule has 0 fully saturated rings. The van der Waals surface area contributed by atoms with Gasteiger partial charge in [0, 0.05) is 12.0 Å². The van der Waals surface area contributed by atoms with E-state index in [1.54, 1.807) is 6.07 Å². The molecule has 0 spiro atoms. The molecule has 1 unspecified atom stereocenters. The summed E-state index contributed by atoms with van der Waals surface area (Å²) in [7, 11) is 1.07. The Labute approximate surface area is 192 Å². The lowest BCUT2D eigenvalue weighted by molar-refractivity contribution is -0.0608. The molecule has 0 radical (unpaired) electrons. The molecule has 0 bridgehead atoms. The third kappa shape index (κ3) is 8.04. The number of halogens is 3. The molecule has 0 aliphatic heterocycles. The number of ether oxygens (including phenoxy) is 3. The van der Waals surface area contributed by atoms with Crippen molar-refractivity contribution in [3.8, 4) is 17.2 Å². The van der Waals surface area contributed by atoms with Crippen LogP contribution in [-0.4, -0.2) is 38.3 Å². The van der Waals surface area contributed by atoms with E-state index in [2.05, 4.69) is 9.99 Å². The summed E-state index contributed by atoms with van der Waals surface area (Å²) < 4.78 is 57.1. The van der Waals surface area contributed by atoms with Crippen LogP contribution in [0.4, 0.5) is 13.2 Å². The molecular formula is C25H30F3NO4. The fourth-order valence-corrected chi connectivity index (χ4v) is 3.16. The summed E-state index contributed by atoms with van der Waals surface area (Å²) in [5.74, 6) is 1.87. The third-order valence-corrected chi connectivity index (χ3v) is 4.68. The maximum Gasteiger partial charge on any atom is 0.437 e. The van der Waals surface area contributed by atoms with Gasteiger partial charge in [-0.15, -0.1) is 0 Å². The molecule has 0 saturated carbocycles. The van der Waals surface area contributed by atoms with Gasteiger partial charge < -0.3 is 19.0 Å². The molecule has 33 heavy (non-hydrogen) atoms. The Kier molecular flexibility index (Phi) is 9.63. The molecule has 8 heteroatoms. The zero-order chi connectivity index (χ0) is 24.4. The highest BCUT2D eigenvalue weighted by molar-refractivity contribution is 6.04. The number of hydrogen-bond donors (Lipinski definition) is 0. The van der Waals surface area contributed by atoms with Crippen LogP contribution in [0.25, 0.3) is 0 Å². The summed E-state index contributed by atoms with van der Waals surface area (Å²) >= 11 is 0. The first-order valence-corrected chi connectivity index (χ1v) is 10.6. The quantitative estimate of drug-likeness (QED) is 0.219. The fraction of sp³-hybridized carbons (Fsp3) is 0.400. The highest BCUT2D eigenvalue weighted by Crippen LogP contribution is 2.29. The second-order valence-corrected chi connectivity index (χ2v) is 7.48. The Morgan fingerprint density at radius 3 is 2.36 bits per heavy atom. The predicted octanol–water partition coefficient (Wildman–Crippen LogP) is 6.41. The summed E-state index contributed by atoms with van der Waals surface area (Å²) in [6.07, 6.45) is -0.518. The maximum atomic E-state index is 13.2. The largest absolute Gasteiger partial charge is 0.493 e. The summed E-state index contributed by atoms with van der Waals surface area (Å²) in [5, 5.41) is 3.12. The van der Waals surface area contributed by atoms with Gasteiger partial charge >= 0.3 is 6.18 Å². The van der Waals surface area contributed by atoms with Gasteiger partial charge in [0.15, 0.2) is 5.71 Å². The van der Waals surface area contributed by atoms with Gasteiger partial charge in [0.1, 0.15) is 31.0 Å². The Hall–Kier alpha value is -3.16. The minimum absolute atomic E-state index is 0.131. The van der Waals surface area contributed by atoms with Crippen molar-refractivity contribution in [1.29, 1.82) is 0 Å². The maximum absolute atomic E-state index is 13.2. The fourth-order valence-electron chi connectivity index (χ4n) is 3.16. The van der Waals surface area contributed by atoms with Crippen molar-refractivity contribution in [1.82, 2.24) is 0 Å². The molecule has 0 aliphatic rings. The lowest BCUT2D eigenvalue weighted by atomic mass is 10.1. The van der Waals surface area contributed by atoms with Gasteiger partial charge in [0.25, 0.3) is 0 Å². The topological polar surface area (TPSA) is 49.3 Å². The highest BCUT2D eigenvalue weighted by atomic mass is 19.4. The van der Waals surface area contributed by atoms with E-state index in [4.69, 9.17) is 14.2 Å². The van der Waals surface area contributed by atoms with Gasteiger partial charge in [-0.25, -0.2) is 0 Å². The number of hydrogen-bond acceptors (Lipinski definition) is 5. The van der Waals surface area contributed by atoms with E-state index >= 15 is 0 Å². The van der Waals surface area contributed by atoms with E-state index in [0.717, 1.165) is 29.7 Å². The lowest BCUT2D eigenvalue weighted by Gasteiger charge is -2.18. The van der Waals surface area contributed by atoms with Crippen molar-refractivity contribution in [2.24, 2.45) is 5.16 Å². The minimum atomic E-state index is -4.64. The molecule has 5 nitrogen and oxygen atoms in total. The van der Waals surface area contributed by atoms with E-state index in [1.165, 1.54) is 18.2 Å². The summed E-state index contributed by atoms with van der Waals surface area (Å²) in [5.41, 5.74) is 0.677. The van der Waals surface area contributed by atoms with Gasteiger partial charge in [0.05, 0.1) is 12.7 Å². The molecule has 0 aliphatic carbocycles. The molecule has 2 rings (SSSR count). The van der Waals surface area contributed by atoms with E-state index in [9.17, 15) is 13.2 Å². The van der Waals surface area contributed by atoms with Crippen LogP contribution in [0.2, 0.25) is 0 Å². The number of benzene rings is 2. The van der Waals surface area contributed by atoms with Crippen molar-refractivity contribution in [3.63, 3.8) is 0 Å². The number of aryl methyl sites for hydroxylation is 2. The second-order valence-electron chi connectivity index (χ2n) is 7.48. The molecule has 0 aromatic heterocycles. The van der Waals surface area contributed by atoms with E-state index in [0.29, 0.717) is 25.4 Å². The summed E-state index contributed by atoms with van der Waals surface area (Å²) in [4.78, 5) is 4.35. The molecule has 0 saturated heterocycles. The van der Waals surface area contributed by atoms with E-state index in [1.807, 2.05) is 52.0 Å². The van der Waals surface area contributed by atoms with Crippen molar-refractivity contribution >= 4 is 5.71 Å². The van der Waals surface area contributed by atoms with Crippen LogP contribution in [-0.2, 0) is 4.84 Å². The standard InChI is InChI=1S/C25H30F3NO4/c1-6-7-12-31-22-14-17(2)23(18(3)15-22)32-13-11-19(4)33-21-10-8-9-20(16-21)24(29-30-5)25(26,27)28/h6-10,14-16,19H,11-13H2,1-5H3/b7-6+,29-24-. The Balaban J connectivity index is 1.96. The molecule has 2 aromatic rings. The average Bonchev–Trinajstić information content (AvgIpc) is 2.73. The first kappa shape index (κ1) is 26.1. The van der Waals surface area contributed by atoms with Crippen molar-refractivity contribution < 1.29 is 32.2 Å². The van der Waals surface area contributed by atoms with Gasteiger partial charge in [-0.3, -0.25) is 0 Å². The molecule has 0 N–H and O–H groups in total. The lowest BCUT2D eigenvalue weighted by Crippen LogP contribution is -2.24. The van der Waals surface area contributed by atoms with Crippen LogP contribution >= 0.6 is 0 Å². The van der Waals surface area contributed by atoms with Gasteiger partial charge in [-0.1, -0.05) is 29.4 Å². The van der Waals surface area contributed by atoms with E-state index < -0.39 is 11.9 Å². The number of nitrogens with zero attached hydrogens (tertiary/aromatic N) is 1. The monoisotopic (exact) mass is 465 g/mol. The van der Waals surface area contributed by atoms with Crippen LogP contribution in [0.3, 0.4) is 0 Å². The van der Waals surface area contributed by atoms with Crippen LogP contribution in [0.1, 0.15) is 37.0 Å². The zero-order valence-electron chi connectivity index (χ0n) is 19.5. The molecule has 180 valence electrons. The molecular weight excluding hydrogens is 435 g/mol. The Bertz CT molecular complexity index is 947.